The Morgan fingerprint density at radius 3 is 2.71 bits per heavy atom. The first kappa shape index (κ1) is 11.2. The van der Waals surface area contributed by atoms with Crippen molar-refractivity contribution in [1.29, 1.82) is 0 Å². The van der Waals surface area contributed by atoms with Gasteiger partial charge in [-0.1, -0.05) is 25.1 Å². The van der Waals surface area contributed by atoms with E-state index >= 15 is 0 Å². The predicted octanol–water partition coefficient (Wildman–Crippen LogP) is 2.76. The molecule has 1 rings (SSSR count). The molecule has 0 fully saturated rings. The molecule has 1 atom stereocenters. The Kier molecular flexibility index (Phi) is 4.60. The topological polar surface area (TPSA) is 12.0 Å². The second-order valence-electron chi connectivity index (χ2n) is 3.65. The Morgan fingerprint density at radius 1 is 1.36 bits per heavy atom. The maximum Gasteiger partial charge on any atom is 0.126 e. The monoisotopic (exact) mass is 195 g/mol. The van der Waals surface area contributed by atoms with Crippen LogP contribution in [0.3, 0.4) is 0 Å². The molecule has 0 aliphatic carbocycles. The summed E-state index contributed by atoms with van der Waals surface area (Å²) in [6, 6.07) is 7.31. The highest BCUT2D eigenvalue weighted by Crippen LogP contribution is 2.08. The zero-order valence-electron chi connectivity index (χ0n) is 8.89. The van der Waals surface area contributed by atoms with Crippen LogP contribution in [-0.4, -0.2) is 12.6 Å². The first-order valence-corrected chi connectivity index (χ1v) is 5.20. The summed E-state index contributed by atoms with van der Waals surface area (Å²) < 4.78 is 13.2. The molecule has 0 bridgehead atoms. The summed E-state index contributed by atoms with van der Waals surface area (Å²) in [5.41, 5.74) is 0.795. The molecular weight excluding hydrogens is 177 g/mol. The molecule has 0 radical (unpaired) electrons. The number of halogens is 1. The van der Waals surface area contributed by atoms with Gasteiger partial charge in [-0.3, -0.25) is 0 Å². The average molecular weight is 195 g/mol. The second kappa shape index (κ2) is 5.76. The molecule has 0 aliphatic rings. The van der Waals surface area contributed by atoms with Crippen molar-refractivity contribution >= 4 is 0 Å². The molecule has 0 aliphatic heterocycles. The fourth-order valence-electron chi connectivity index (χ4n) is 1.46. The normalized spacial score (nSPS) is 12.8. The highest BCUT2D eigenvalue weighted by Gasteiger charge is 2.05. The molecule has 0 heterocycles. The second-order valence-corrected chi connectivity index (χ2v) is 3.65. The SMILES string of the molecule is CCCNC(C)Cc1ccccc1F. The third-order valence-corrected chi connectivity index (χ3v) is 2.23. The van der Waals surface area contributed by atoms with E-state index in [1.54, 1.807) is 6.07 Å². The van der Waals surface area contributed by atoms with E-state index in [0.717, 1.165) is 24.9 Å². The van der Waals surface area contributed by atoms with Gasteiger partial charge in [0.1, 0.15) is 5.82 Å². The maximum absolute atomic E-state index is 13.2. The van der Waals surface area contributed by atoms with Crippen LogP contribution in [0, 0.1) is 5.82 Å². The van der Waals surface area contributed by atoms with Crippen LogP contribution in [0.25, 0.3) is 0 Å². The summed E-state index contributed by atoms with van der Waals surface area (Å²) in [6.07, 6.45) is 1.87. The number of hydrogen-bond acceptors (Lipinski definition) is 1. The van der Waals surface area contributed by atoms with E-state index in [1.807, 2.05) is 12.1 Å². The van der Waals surface area contributed by atoms with Crippen molar-refractivity contribution in [1.82, 2.24) is 5.32 Å². The van der Waals surface area contributed by atoms with Crippen LogP contribution < -0.4 is 5.32 Å². The van der Waals surface area contributed by atoms with Crippen molar-refractivity contribution in [2.24, 2.45) is 0 Å². The first-order valence-electron chi connectivity index (χ1n) is 5.20. The van der Waals surface area contributed by atoms with Gasteiger partial charge in [-0.25, -0.2) is 4.39 Å². The van der Waals surface area contributed by atoms with Gasteiger partial charge in [-0.05, 0) is 37.9 Å². The Morgan fingerprint density at radius 2 is 2.07 bits per heavy atom. The molecule has 0 saturated heterocycles. The van der Waals surface area contributed by atoms with E-state index < -0.39 is 0 Å². The lowest BCUT2D eigenvalue weighted by Crippen LogP contribution is -2.28. The van der Waals surface area contributed by atoms with Crippen LogP contribution in [0.1, 0.15) is 25.8 Å². The highest BCUT2D eigenvalue weighted by molar-refractivity contribution is 5.18. The minimum Gasteiger partial charge on any atom is -0.314 e. The molecule has 2 heteroatoms. The van der Waals surface area contributed by atoms with Gasteiger partial charge in [-0.15, -0.1) is 0 Å². The third kappa shape index (κ3) is 3.46. The van der Waals surface area contributed by atoms with Gasteiger partial charge in [-0.2, -0.15) is 0 Å². The Bertz CT molecular complexity index is 273. The molecule has 14 heavy (non-hydrogen) atoms. The van der Waals surface area contributed by atoms with Gasteiger partial charge in [0.05, 0.1) is 0 Å². The van der Waals surface area contributed by atoms with Crippen LogP contribution in [0.15, 0.2) is 24.3 Å². The number of hydrogen-bond donors (Lipinski definition) is 1. The molecule has 1 unspecified atom stereocenters. The van der Waals surface area contributed by atoms with E-state index in [0.29, 0.717) is 6.04 Å². The van der Waals surface area contributed by atoms with E-state index in [9.17, 15) is 4.39 Å². The molecule has 0 saturated carbocycles. The molecule has 0 aromatic heterocycles. The van der Waals surface area contributed by atoms with Crippen LogP contribution >= 0.6 is 0 Å². The Balaban J connectivity index is 2.47. The minimum atomic E-state index is -0.0994. The van der Waals surface area contributed by atoms with Gasteiger partial charge < -0.3 is 5.32 Å². The summed E-state index contributed by atoms with van der Waals surface area (Å²) in [5.74, 6) is -0.0994. The van der Waals surface area contributed by atoms with Crippen molar-refractivity contribution in [3.63, 3.8) is 0 Å². The largest absolute Gasteiger partial charge is 0.314 e. The van der Waals surface area contributed by atoms with E-state index in [2.05, 4.69) is 19.2 Å². The third-order valence-electron chi connectivity index (χ3n) is 2.23. The van der Waals surface area contributed by atoms with E-state index in [-0.39, 0.29) is 5.82 Å². The van der Waals surface area contributed by atoms with Crippen molar-refractivity contribution in [2.75, 3.05) is 6.54 Å². The first-order chi connectivity index (χ1) is 6.74. The Hall–Kier alpha value is -0.890. The molecule has 1 N–H and O–H groups in total. The van der Waals surface area contributed by atoms with Gasteiger partial charge in [0.25, 0.3) is 0 Å². The van der Waals surface area contributed by atoms with Gasteiger partial charge in [0, 0.05) is 6.04 Å². The Labute approximate surface area is 85.3 Å². The van der Waals surface area contributed by atoms with Gasteiger partial charge >= 0.3 is 0 Å². The molecule has 0 amide bonds. The van der Waals surface area contributed by atoms with Crippen molar-refractivity contribution in [3.05, 3.63) is 35.6 Å². The van der Waals surface area contributed by atoms with Crippen LogP contribution in [-0.2, 0) is 6.42 Å². The molecular formula is C12H18FN. The molecule has 78 valence electrons. The zero-order valence-corrected chi connectivity index (χ0v) is 8.89. The fourth-order valence-corrected chi connectivity index (χ4v) is 1.46. The predicted molar refractivity (Wildman–Crippen MR) is 57.9 cm³/mol. The van der Waals surface area contributed by atoms with Gasteiger partial charge in [0.15, 0.2) is 0 Å². The summed E-state index contributed by atoms with van der Waals surface area (Å²) in [7, 11) is 0. The quantitative estimate of drug-likeness (QED) is 0.761. The van der Waals surface area contributed by atoms with Crippen molar-refractivity contribution in [3.8, 4) is 0 Å². The number of nitrogens with one attached hydrogen (secondary N) is 1. The fraction of sp³-hybridized carbons (Fsp3) is 0.500. The smallest absolute Gasteiger partial charge is 0.126 e. The summed E-state index contributed by atoms with van der Waals surface area (Å²) in [6.45, 7) is 5.21. The average Bonchev–Trinajstić information content (AvgIpc) is 2.18. The highest BCUT2D eigenvalue weighted by atomic mass is 19.1. The lowest BCUT2D eigenvalue weighted by molar-refractivity contribution is 0.525. The lowest BCUT2D eigenvalue weighted by Gasteiger charge is -2.13. The number of rotatable bonds is 5. The molecule has 1 aromatic carbocycles. The van der Waals surface area contributed by atoms with Crippen LogP contribution in [0.2, 0.25) is 0 Å². The standard InChI is InChI=1S/C12H18FN/c1-3-8-14-10(2)9-11-6-4-5-7-12(11)13/h4-7,10,14H,3,8-9H2,1-2H3. The lowest BCUT2D eigenvalue weighted by atomic mass is 10.1. The van der Waals surface area contributed by atoms with Crippen LogP contribution in [0.4, 0.5) is 4.39 Å². The summed E-state index contributed by atoms with van der Waals surface area (Å²) in [5, 5.41) is 3.34. The minimum absolute atomic E-state index is 0.0994. The van der Waals surface area contributed by atoms with Crippen molar-refractivity contribution < 1.29 is 4.39 Å². The molecule has 1 nitrogen and oxygen atoms in total. The van der Waals surface area contributed by atoms with E-state index in [4.69, 9.17) is 0 Å². The summed E-state index contributed by atoms with van der Waals surface area (Å²) in [4.78, 5) is 0. The van der Waals surface area contributed by atoms with E-state index in [1.165, 1.54) is 6.07 Å². The molecule has 1 aromatic rings. The summed E-state index contributed by atoms with van der Waals surface area (Å²) >= 11 is 0. The van der Waals surface area contributed by atoms with Crippen molar-refractivity contribution in [2.45, 2.75) is 32.7 Å². The maximum atomic E-state index is 13.2. The van der Waals surface area contributed by atoms with Gasteiger partial charge in [0.2, 0.25) is 0 Å². The zero-order chi connectivity index (χ0) is 10.4. The van der Waals surface area contributed by atoms with Crippen LogP contribution in [0.5, 0.6) is 0 Å². The number of benzene rings is 1. The molecule has 0 spiro atoms.